The van der Waals surface area contributed by atoms with Gasteiger partial charge < -0.3 is 19.5 Å². The number of ether oxygens (including phenoxy) is 2. The molecule has 22 heavy (non-hydrogen) atoms. The average Bonchev–Trinajstić information content (AvgIpc) is 2.79. The van der Waals surface area contributed by atoms with Gasteiger partial charge in [-0.2, -0.15) is 0 Å². The summed E-state index contributed by atoms with van der Waals surface area (Å²) in [5.74, 6) is 0. The van der Waals surface area contributed by atoms with Gasteiger partial charge in [0.15, 0.2) is 0 Å². The Morgan fingerprint density at radius 1 is 1.27 bits per heavy atom. The van der Waals surface area contributed by atoms with Crippen molar-refractivity contribution in [3.05, 3.63) is 35.4 Å². The van der Waals surface area contributed by atoms with Gasteiger partial charge in [0.25, 0.3) is 0 Å². The summed E-state index contributed by atoms with van der Waals surface area (Å²) >= 11 is 0. The maximum atomic E-state index is 10.9. The molecule has 4 heteroatoms. The number of hydrogen-bond donors (Lipinski definition) is 1. The Kier molecular flexibility index (Phi) is 4.83. The second-order valence-electron chi connectivity index (χ2n) is 6.38. The lowest BCUT2D eigenvalue weighted by atomic mass is 9.72. The van der Waals surface area contributed by atoms with Crippen LogP contribution in [0.15, 0.2) is 24.3 Å². The Bertz CT molecular complexity index is 497. The number of rotatable bonds is 5. The number of fused-ring (bicyclic) bond motifs is 2. The van der Waals surface area contributed by atoms with E-state index in [1.54, 1.807) is 7.11 Å². The van der Waals surface area contributed by atoms with Gasteiger partial charge in [-0.1, -0.05) is 24.3 Å². The molecule has 2 atom stereocenters. The van der Waals surface area contributed by atoms with Gasteiger partial charge in [-0.3, -0.25) is 0 Å². The van der Waals surface area contributed by atoms with Crippen molar-refractivity contribution >= 4 is 0 Å². The van der Waals surface area contributed by atoms with Crippen LogP contribution in [-0.4, -0.2) is 56.1 Å². The van der Waals surface area contributed by atoms with Crippen LogP contribution in [0.1, 0.15) is 37.0 Å². The van der Waals surface area contributed by atoms with Crippen molar-refractivity contribution in [1.29, 1.82) is 0 Å². The van der Waals surface area contributed by atoms with E-state index in [1.165, 1.54) is 11.1 Å². The van der Waals surface area contributed by atoms with Gasteiger partial charge in [-0.25, -0.2) is 0 Å². The maximum Gasteiger partial charge on any atom is 0.109 e. The summed E-state index contributed by atoms with van der Waals surface area (Å²) in [7, 11) is 1.70. The molecule has 1 spiro atoms. The van der Waals surface area contributed by atoms with Gasteiger partial charge >= 0.3 is 0 Å². The summed E-state index contributed by atoms with van der Waals surface area (Å²) in [6.45, 7) is 6.60. The Morgan fingerprint density at radius 3 is 2.68 bits per heavy atom. The van der Waals surface area contributed by atoms with Crippen LogP contribution < -0.4 is 0 Å². The number of aliphatic hydroxyl groups is 1. The predicted octanol–water partition coefficient (Wildman–Crippen LogP) is 2.12. The van der Waals surface area contributed by atoms with Crippen LogP contribution in [0.3, 0.4) is 0 Å². The molecular formula is C18H27NO3. The fourth-order valence-electron chi connectivity index (χ4n) is 4.15. The lowest BCUT2D eigenvalue weighted by Crippen LogP contribution is -2.48. The molecule has 2 aliphatic rings. The third kappa shape index (κ3) is 2.58. The molecular weight excluding hydrogens is 278 g/mol. The zero-order chi connectivity index (χ0) is 15.6. The molecule has 0 bridgehead atoms. The number of piperidine rings is 1. The number of aliphatic hydroxyl groups excluding tert-OH is 1. The first kappa shape index (κ1) is 15.9. The molecule has 122 valence electrons. The first-order valence-electron chi connectivity index (χ1n) is 8.33. The fraction of sp³-hybridized carbons (Fsp3) is 0.667. The normalized spacial score (nSPS) is 27.2. The molecule has 0 amide bonds. The van der Waals surface area contributed by atoms with E-state index in [0.29, 0.717) is 0 Å². The lowest BCUT2D eigenvalue weighted by Gasteiger charge is -2.42. The highest BCUT2D eigenvalue weighted by Crippen LogP contribution is 2.51. The van der Waals surface area contributed by atoms with Crippen molar-refractivity contribution in [2.24, 2.45) is 0 Å². The third-order valence-electron chi connectivity index (χ3n) is 5.41. The Balaban J connectivity index is 1.75. The topological polar surface area (TPSA) is 41.9 Å². The molecule has 1 saturated heterocycles. The molecule has 0 radical (unpaired) electrons. The molecule has 1 fully saturated rings. The summed E-state index contributed by atoms with van der Waals surface area (Å²) < 4.78 is 11.1. The zero-order valence-corrected chi connectivity index (χ0v) is 13.6. The number of methoxy groups -OCH3 is 1. The lowest BCUT2D eigenvalue weighted by molar-refractivity contribution is -0.0557. The SMILES string of the molecule is CCOCCN1CCC2(CC1)c1ccccc1[C@H](OC)[C@H]2O. The highest BCUT2D eigenvalue weighted by atomic mass is 16.5. The van der Waals surface area contributed by atoms with Gasteiger partial charge in [0.05, 0.1) is 12.7 Å². The van der Waals surface area contributed by atoms with Crippen molar-refractivity contribution in [3.8, 4) is 0 Å². The summed E-state index contributed by atoms with van der Waals surface area (Å²) in [6.07, 6.45) is 1.34. The average molecular weight is 305 g/mol. The van der Waals surface area contributed by atoms with Crippen LogP contribution in [0.25, 0.3) is 0 Å². The van der Waals surface area contributed by atoms with Crippen LogP contribution in [0, 0.1) is 0 Å². The van der Waals surface area contributed by atoms with E-state index >= 15 is 0 Å². The maximum absolute atomic E-state index is 10.9. The van der Waals surface area contributed by atoms with Crippen LogP contribution in [0.5, 0.6) is 0 Å². The molecule has 1 aliphatic carbocycles. The van der Waals surface area contributed by atoms with E-state index in [0.717, 1.165) is 45.7 Å². The minimum Gasteiger partial charge on any atom is -0.389 e. The van der Waals surface area contributed by atoms with E-state index in [2.05, 4.69) is 23.1 Å². The zero-order valence-electron chi connectivity index (χ0n) is 13.6. The van der Waals surface area contributed by atoms with E-state index in [4.69, 9.17) is 9.47 Å². The first-order chi connectivity index (χ1) is 10.7. The second kappa shape index (κ2) is 6.67. The Hall–Kier alpha value is -0.940. The van der Waals surface area contributed by atoms with Crippen LogP contribution >= 0.6 is 0 Å². The molecule has 1 aromatic rings. The third-order valence-corrected chi connectivity index (χ3v) is 5.41. The van der Waals surface area contributed by atoms with E-state index in [1.807, 2.05) is 13.0 Å². The molecule has 4 nitrogen and oxygen atoms in total. The molecule has 0 unspecified atom stereocenters. The van der Waals surface area contributed by atoms with Gasteiger partial charge in [0.1, 0.15) is 6.10 Å². The van der Waals surface area contributed by atoms with E-state index in [9.17, 15) is 5.11 Å². The largest absolute Gasteiger partial charge is 0.389 e. The number of hydrogen-bond acceptors (Lipinski definition) is 4. The highest BCUT2D eigenvalue weighted by molar-refractivity contribution is 5.44. The minimum absolute atomic E-state index is 0.140. The van der Waals surface area contributed by atoms with Crippen LogP contribution in [0.4, 0.5) is 0 Å². The summed E-state index contributed by atoms with van der Waals surface area (Å²) in [5.41, 5.74) is 2.32. The predicted molar refractivity (Wildman–Crippen MR) is 86.0 cm³/mol. The highest BCUT2D eigenvalue weighted by Gasteiger charge is 2.52. The van der Waals surface area contributed by atoms with Crippen molar-refractivity contribution in [2.75, 3.05) is 40.0 Å². The minimum atomic E-state index is -0.441. The fourth-order valence-corrected chi connectivity index (χ4v) is 4.15. The van der Waals surface area contributed by atoms with Gasteiger partial charge in [0.2, 0.25) is 0 Å². The van der Waals surface area contributed by atoms with Crippen molar-refractivity contribution in [1.82, 2.24) is 4.90 Å². The molecule has 3 rings (SSSR count). The van der Waals surface area contributed by atoms with Crippen LogP contribution in [0.2, 0.25) is 0 Å². The molecule has 1 aromatic carbocycles. The van der Waals surface area contributed by atoms with Gasteiger partial charge in [-0.05, 0) is 44.0 Å². The van der Waals surface area contributed by atoms with E-state index < -0.39 is 6.10 Å². The van der Waals surface area contributed by atoms with Crippen molar-refractivity contribution < 1.29 is 14.6 Å². The second-order valence-corrected chi connectivity index (χ2v) is 6.38. The van der Waals surface area contributed by atoms with Crippen LogP contribution in [-0.2, 0) is 14.9 Å². The van der Waals surface area contributed by atoms with E-state index in [-0.39, 0.29) is 11.5 Å². The summed E-state index contributed by atoms with van der Waals surface area (Å²) in [6, 6.07) is 8.39. The molecule has 1 N–H and O–H groups in total. The van der Waals surface area contributed by atoms with Gasteiger partial charge in [-0.15, -0.1) is 0 Å². The standard InChI is InChI=1S/C18H27NO3/c1-3-22-13-12-19-10-8-18(9-11-19)15-7-5-4-6-14(15)16(21-2)17(18)20/h4-7,16-17,20H,3,8-13H2,1-2H3/t16-,17+/m0/s1. The molecule has 0 aromatic heterocycles. The molecule has 0 saturated carbocycles. The van der Waals surface area contributed by atoms with Crippen molar-refractivity contribution in [3.63, 3.8) is 0 Å². The Morgan fingerprint density at radius 2 is 2.00 bits per heavy atom. The molecule has 1 heterocycles. The number of nitrogens with zero attached hydrogens (tertiary/aromatic N) is 1. The monoisotopic (exact) mass is 305 g/mol. The number of benzene rings is 1. The molecule has 1 aliphatic heterocycles. The smallest absolute Gasteiger partial charge is 0.109 e. The van der Waals surface area contributed by atoms with Gasteiger partial charge in [0, 0.05) is 25.7 Å². The van der Waals surface area contributed by atoms with Crippen molar-refractivity contribution in [2.45, 2.75) is 37.4 Å². The Labute approximate surface area is 133 Å². The first-order valence-corrected chi connectivity index (χ1v) is 8.33. The summed E-state index contributed by atoms with van der Waals surface area (Å²) in [4.78, 5) is 2.44. The quantitative estimate of drug-likeness (QED) is 0.846. The summed E-state index contributed by atoms with van der Waals surface area (Å²) in [5, 5.41) is 10.9. The number of likely N-dealkylation sites (tertiary alicyclic amines) is 1.